The van der Waals surface area contributed by atoms with Crippen molar-refractivity contribution in [2.24, 2.45) is 0 Å². The predicted molar refractivity (Wildman–Crippen MR) is 50.1 cm³/mol. The van der Waals surface area contributed by atoms with E-state index >= 15 is 0 Å². The van der Waals surface area contributed by atoms with E-state index in [0.29, 0.717) is 12.0 Å². The minimum absolute atomic E-state index is 0.0999. The second-order valence-corrected chi connectivity index (χ2v) is 2.97. The molecule has 0 fully saturated rings. The number of phenols is 1. The summed E-state index contributed by atoms with van der Waals surface area (Å²) in [6.07, 6.45) is 1.49. The van der Waals surface area contributed by atoms with Crippen LogP contribution in [-0.4, -0.2) is 16.3 Å². The maximum atomic E-state index is 11.1. The molecule has 0 aromatic heterocycles. The van der Waals surface area contributed by atoms with E-state index in [9.17, 15) is 9.90 Å². The standard InChI is InChI=1S/C10H12O4/c1-2-3-7-6-8(11)4-5-9(7)10(12)14-13/h4-6,11,13H,2-3H2,1H3. The summed E-state index contributed by atoms with van der Waals surface area (Å²) in [5, 5.41) is 17.4. The van der Waals surface area contributed by atoms with Gasteiger partial charge in [0.15, 0.2) is 0 Å². The van der Waals surface area contributed by atoms with Crippen molar-refractivity contribution < 1.29 is 20.0 Å². The maximum Gasteiger partial charge on any atom is 0.373 e. The van der Waals surface area contributed by atoms with Crippen LogP contribution >= 0.6 is 0 Å². The fraction of sp³-hybridized carbons (Fsp3) is 0.300. The molecule has 4 nitrogen and oxygen atoms in total. The lowest BCUT2D eigenvalue weighted by Crippen LogP contribution is -2.05. The highest BCUT2D eigenvalue weighted by atomic mass is 17.1. The Morgan fingerprint density at radius 3 is 2.79 bits per heavy atom. The van der Waals surface area contributed by atoms with Gasteiger partial charge in [-0.2, -0.15) is 5.26 Å². The first kappa shape index (κ1) is 10.5. The quantitative estimate of drug-likeness (QED) is 0.573. The molecule has 0 bridgehead atoms. The zero-order valence-electron chi connectivity index (χ0n) is 7.86. The molecule has 0 amide bonds. The molecule has 0 aliphatic rings. The van der Waals surface area contributed by atoms with Crippen LogP contribution in [0, 0.1) is 0 Å². The van der Waals surface area contributed by atoms with Crippen LogP contribution in [0.3, 0.4) is 0 Å². The molecule has 0 unspecified atom stereocenters. The Hall–Kier alpha value is -1.55. The molecule has 1 aromatic rings. The number of hydrogen-bond donors (Lipinski definition) is 2. The van der Waals surface area contributed by atoms with Gasteiger partial charge in [-0.15, -0.1) is 0 Å². The number of aryl methyl sites for hydroxylation is 1. The molecule has 76 valence electrons. The molecule has 0 heterocycles. The summed E-state index contributed by atoms with van der Waals surface area (Å²) < 4.78 is 0. The zero-order valence-corrected chi connectivity index (χ0v) is 7.86. The molecular weight excluding hydrogens is 184 g/mol. The third-order valence-electron chi connectivity index (χ3n) is 1.91. The Kier molecular flexibility index (Phi) is 3.48. The highest BCUT2D eigenvalue weighted by Gasteiger charge is 2.12. The lowest BCUT2D eigenvalue weighted by atomic mass is 10.0. The van der Waals surface area contributed by atoms with Crippen molar-refractivity contribution in [3.8, 4) is 5.75 Å². The van der Waals surface area contributed by atoms with Gasteiger partial charge in [-0.25, -0.2) is 4.79 Å². The average molecular weight is 196 g/mol. The topological polar surface area (TPSA) is 66.8 Å². The first-order chi connectivity index (χ1) is 6.69. The number of carbonyl (C=O) groups excluding carboxylic acids is 1. The lowest BCUT2D eigenvalue weighted by Gasteiger charge is -2.05. The Balaban J connectivity index is 3.07. The number of carbonyl (C=O) groups is 1. The van der Waals surface area contributed by atoms with Crippen LogP contribution in [0.2, 0.25) is 0 Å². The molecule has 0 radical (unpaired) electrons. The number of hydrogen-bond acceptors (Lipinski definition) is 4. The Morgan fingerprint density at radius 2 is 2.21 bits per heavy atom. The Morgan fingerprint density at radius 1 is 1.50 bits per heavy atom. The molecule has 14 heavy (non-hydrogen) atoms. The van der Waals surface area contributed by atoms with Crippen LogP contribution in [0.1, 0.15) is 29.3 Å². The van der Waals surface area contributed by atoms with E-state index in [1.54, 1.807) is 0 Å². The van der Waals surface area contributed by atoms with Crippen molar-refractivity contribution in [2.75, 3.05) is 0 Å². The van der Waals surface area contributed by atoms with Gasteiger partial charge in [0.1, 0.15) is 5.75 Å². The van der Waals surface area contributed by atoms with Gasteiger partial charge in [0.25, 0.3) is 0 Å². The molecule has 0 aliphatic heterocycles. The summed E-state index contributed by atoms with van der Waals surface area (Å²) in [4.78, 5) is 14.7. The summed E-state index contributed by atoms with van der Waals surface area (Å²) in [6, 6.07) is 4.31. The van der Waals surface area contributed by atoms with Gasteiger partial charge in [0, 0.05) is 0 Å². The smallest absolute Gasteiger partial charge is 0.373 e. The largest absolute Gasteiger partial charge is 0.508 e. The average Bonchev–Trinajstić information content (AvgIpc) is 2.17. The van der Waals surface area contributed by atoms with Gasteiger partial charge in [-0.1, -0.05) is 13.3 Å². The van der Waals surface area contributed by atoms with E-state index in [1.807, 2.05) is 6.92 Å². The molecule has 0 saturated heterocycles. The van der Waals surface area contributed by atoms with Gasteiger partial charge < -0.3 is 5.11 Å². The Labute approximate surface area is 81.7 Å². The first-order valence-corrected chi connectivity index (χ1v) is 4.36. The zero-order chi connectivity index (χ0) is 10.6. The van der Waals surface area contributed by atoms with Crippen LogP contribution in [0.5, 0.6) is 5.75 Å². The van der Waals surface area contributed by atoms with Crippen LogP contribution in [-0.2, 0) is 11.3 Å². The molecule has 1 aromatic carbocycles. The SMILES string of the molecule is CCCc1cc(O)ccc1C(=O)OO. The fourth-order valence-electron chi connectivity index (χ4n) is 1.30. The fourth-order valence-corrected chi connectivity index (χ4v) is 1.30. The number of aromatic hydroxyl groups is 1. The molecule has 0 saturated carbocycles. The van der Waals surface area contributed by atoms with Crippen molar-refractivity contribution in [1.29, 1.82) is 0 Å². The molecule has 2 N–H and O–H groups in total. The second-order valence-electron chi connectivity index (χ2n) is 2.97. The van der Waals surface area contributed by atoms with Gasteiger partial charge in [0.05, 0.1) is 5.56 Å². The molecular formula is C10H12O4. The van der Waals surface area contributed by atoms with Crippen LogP contribution in [0.4, 0.5) is 0 Å². The molecule has 0 atom stereocenters. The third-order valence-corrected chi connectivity index (χ3v) is 1.91. The minimum atomic E-state index is -0.798. The van der Waals surface area contributed by atoms with Crippen molar-refractivity contribution >= 4 is 5.97 Å². The highest BCUT2D eigenvalue weighted by molar-refractivity contribution is 5.90. The van der Waals surface area contributed by atoms with Crippen LogP contribution in [0.25, 0.3) is 0 Å². The summed E-state index contributed by atoms with van der Waals surface area (Å²) in [5.41, 5.74) is 0.957. The molecule has 0 aliphatic carbocycles. The number of rotatable bonds is 3. The third kappa shape index (κ3) is 2.23. The van der Waals surface area contributed by atoms with E-state index < -0.39 is 5.97 Å². The predicted octanol–water partition coefficient (Wildman–Crippen LogP) is 1.97. The number of benzene rings is 1. The summed E-state index contributed by atoms with van der Waals surface area (Å²) >= 11 is 0. The highest BCUT2D eigenvalue weighted by Crippen LogP contribution is 2.18. The van der Waals surface area contributed by atoms with Gasteiger partial charge >= 0.3 is 5.97 Å². The number of phenolic OH excluding ortho intramolecular Hbond substituents is 1. The minimum Gasteiger partial charge on any atom is -0.508 e. The molecule has 1 rings (SSSR count). The summed E-state index contributed by atoms with van der Waals surface area (Å²) in [6.45, 7) is 1.96. The monoisotopic (exact) mass is 196 g/mol. The van der Waals surface area contributed by atoms with Crippen LogP contribution in [0.15, 0.2) is 18.2 Å². The van der Waals surface area contributed by atoms with Gasteiger partial charge in [-0.3, -0.25) is 4.89 Å². The van der Waals surface area contributed by atoms with Crippen LogP contribution < -0.4 is 0 Å². The Bertz CT molecular complexity index is 333. The van der Waals surface area contributed by atoms with Gasteiger partial charge in [-0.05, 0) is 30.2 Å². The van der Waals surface area contributed by atoms with E-state index in [0.717, 1.165) is 6.42 Å². The maximum absolute atomic E-state index is 11.1. The van der Waals surface area contributed by atoms with Crippen molar-refractivity contribution in [3.63, 3.8) is 0 Å². The second kappa shape index (κ2) is 4.62. The molecule has 0 spiro atoms. The molecule has 4 heteroatoms. The van der Waals surface area contributed by atoms with E-state index in [-0.39, 0.29) is 11.3 Å². The summed E-state index contributed by atoms with van der Waals surface area (Å²) in [5.74, 6) is -0.698. The summed E-state index contributed by atoms with van der Waals surface area (Å²) in [7, 11) is 0. The first-order valence-electron chi connectivity index (χ1n) is 4.36. The van der Waals surface area contributed by atoms with E-state index in [1.165, 1.54) is 18.2 Å². The normalized spacial score (nSPS) is 9.86. The van der Waals surface area contributed by atoms with Crippen molar-refractivity contribution in [2.45, 2.75) is 19.8 Å². The van der Waals surface area contributed by atoms with Crippen molar-refractivity contribution in [1.82, 2.24) is 0 Å². The van der Waals surface area contributed by atoms with Gasteiger partial charge in [0.2, 0.25) is 0 Å². The lowest BCUT2D eigenvalue weighted by molar-refractivity contribution is -0.182. The van der Waals surface area contributed by atoms with E-state index in [4.69, 9.17) is 5.26 Å². The van der Waals surface area contributed by atoms with Crippen molar-refractivity contribution in [3.05, 3.63) is 29.3 Å². The van der Waals surface area contributed by atoms with E-state index in [2.05, 4.69) is 4.89 Å².